The Balaban J connectivity index is 1.57. The highest BCUT2D eigenvalue weighted by molar-refractivity contribution is 7.73. The van der Waals surface area contributed by atoms with E-state index in [0.717, 1.165) is 27.5 Å². The van der Waals surface area contributed by atoms with Crippen molar-refractivity contribution in [3.05, 3.63) is 110 Å². The molecule has 0 N–H and O–H groups in total. The van der Waals surface area contributed by atoms with Crippen LogP contribution in [0.3, 0.4) is 0 Å². The number of nitrogens with zero attached hydrogens (tertiary/aromatic N) is 4. The van der Waals surface area contributed by atoms with Crippen molar-refractivity contribution in [1.82, 2.24) is 4.57 Å². The minimum Gasteiger partial charge on any atom is -0.403 e. The van der Waals surface area contributed by atoms with E-state index in [2.05, 4.69) is 12.1 Å². The van der Waals surface area contributed by atoms with Gasteiger partial charge in [0, 0.05) is 16.3 Å². The molecule has 6 rings (SSSR count). The van der Waals surface area contributed by atoms with Gasteiger partial charge < -0.3 is 4.74 Å². The maximum Gasteiger partial charge on any atom is 0.322 e. The van der Waals surface area contributed by atoms with Gasteiger partial charge >= 0.3 is 6.02 Å². The number of aliphatic imine (C=N–C) groups is 1. The molecule has 0 saturated carbocycles. The Hall–Kier alpha value is -3.26. The van der Waals surface area contributed by atoms with Crippen LogP contribution in [0, 0.1) is 3.95 Å². The SMILES string of the molecule is S=c1sc2c(n1-c1ccc(Cl)cc1)N1N=C(c3ccccc3)OC1=NC2c1ccccc1. The van der Waals surface area contributed by atoms with Crippen molar-refractivity contribution in [2.75, 3.05) is 5.01 Å². The van der Waals surface area contributed by atoms with Crippen LogP contribution in [-0.4, -0.2) is 16.5 Å². The maximum atomic E-state index is 6.14. The molecule has 3 heterocycles. The summed E-state index contributed by atoms with van der Waals surface area (Å²) in [5, 5.41) is 7.19. The number of hydrazone groups is 1. The monoisotopic (exact) mass is 474 g/mol. The molecule has 0 radical (unpaired) electrons. The number of benzene rings is 3. The maximum absolute atomic E-state index is 6.14. The molecule has 1 atom stereocenters. The second kappa shape index (κ2) is 7.70. The van der Waals surface area contributed by atoms with Crippen molar-refractivity contribution in [3.63, 3.8) is 0 Å². The van der Waals surface area contributed by atoms with Crippen LogP contribution in [0.2, 0.25) is 5.02 Å². The van der Waals surface area contributed by atoms with Crippen molar-refractivity contribution in [2.24, 2.45) is 10.1 Å². The van der Waals surface area contributed by atoms with Crippen LogP contribution in [0.5, 0.6) is 0 Å². The fourth-order valence-electron chi connectivity index (χ4n) is 3.81. The predicted molar refractivity (Wildman–Crippen MR) is 132 cm³/mol. The molecule has 0 aliphatic carbocycles. The second-order valence-electron chi connectivity index (χ2n) is 7.28. The van der Waals surface area contributed by atoms with E-state index in [1.165, 1.54) is 11.3 Å². The number of amidine groups is 1. The Bertz CT molecular complexity index is 1430. The normalized spacial score (nSPS) is 16.7. The third kappa shape index (κ3) is 3.17. The van der Waals surface area contributed by atoms with Crippen molar-refractivity contribution in [1.29, 1.82) is 0 Å². The summed E-state index contributed by atoms with van der Waals surface area (Å²) >= 11 is 13.5. The largest absolute Gasteiger partial charge is 0.403 e. The van der Waals surface area contributed by atoms with Crippen molar-refractivity contribution in [3.8, 4) is 5.69 Å². The van der Waals surface area contributed by atoms with Gasteiger partial charge in [-0.2, -0.15) is 5.01 Å². The van der Waals surface area contributed by atoms with Crippen molar-refractivity contribution >= 4 is 52.9 Å². The quantitative estimate of drug-likeness (QED) is 0.315. The molecule has 2 aliphatic heterocycles. The summed E-state index contributed by atoms with van der Waals surface area (Å²) in [6, 6.07) is 27.8. The van der Waals surface area contributed by atoms with Crippen LogP contribution in [0.1, 0.15) is 22.0 Å². The number of halogens is 1. The van der Waals surface area contributed by atoms with Gasteiger partial charge in [-0.15, -0.1) is 16.4 Å². The fraction of sp³-hybridized carbons (Fsp3) is 0.0417. The molecule has 0 spiro atoms. The number of ether oxygens (including phenoxy) is 1. The lowest BCUT2D eigenvalue weighted by molar-refractivity contribution is 0.545. The van der Waals surface area contributed by atoms with Gasteiger partial charge in [0.2, 0.25) is 5.90 Å². The van der Waals surface area contributed by atoms with Gasteiger partial charge in [0.25, 0.3) is 0 Å². The number of rotatable bonds is 3. The number of aromatic nitrogens is 1. The summed E-state index contributed by atoms with van der Waals surface area (Å²) in [7, 11) is 0. The molecular formula is C24H15ClN4OS2. The Morgan fingerprint density at radius 3 is 2.31 bits per heavy atom. The third-order valence-corrected chi connectivity index (χ3v) is 6.95. The van der Waals surface area contributed by atoms with Gasteiger partial charge in [0.1, 0.15) is 6.04 Å². The number of anilines is 1. The number of thiazole rings is 1. The molecule has 1 unspecified atom stereocenters. The number of hydrogen-bond acceptors (Lipinski definition) is 6. The highest BCUT2D eigenvalue weighted by Gasteiger charge is 2.39. The van der Waals surface area contributed by atoms with E-state index in [1.54, 1.807) is 5.01 Å². The zero-order valence-corrected chi connectivity index (χ0v) is 18.9. The van der Waals surface area contributed by atoms with Crippen molar-refractivity contribution in [2.45, 2.75) is 6.04 Å². The van der Waals surface area contributed by atoms with Crippen LogP contribution in [0.15, 0.2) is 95.0 Å². The highest BCUT2D eigenvalue weighted by atomic mass is 35.5. The van der Waals surface area contributed by atoms with E-state index < -0.39 is 0 Å². The molecule has 156 valence electrons. The van der Waals surface area contributed by atoms with Crippen LogP contribution in [0.25, 0.3) is 5.69 Å². The van der Waals surface area contributed by atoms with Crippen LogP contribution < -0.4 is 5.01 Å². The van der Waals surface area contributed by atoms with E-state index in [9.17, 15) is 0 Å². The Kier molecular flexibility index (Phi) is 4.68. The number of hydrogen-bond donors (Lipinski definition) is 0. The number of fused-ring (bicyclic) bond motifs is 3. The zero-order chi connectivity index (χ0) is 21.7. The average molecular weight is 475 g/mol. The molecule has 2 aliphatic rings. The minimum absolute atomic E-state index is 0.233. The van der Waals surface area contributed by atoms with Gasteiger partial charge in [-0.25, -0.2) is 4.99 Å². The van der Waals surface area contributed by atoms with Gasteiger partial charge in [0.05, 0.1) is 4.88 Å². The zero-order valence-electron chi connectivity index (χ0n) is 16.6. The van der Waals surface area contributed by atoms with Crippen molar-refractivity contribution < 1.29 is 4.74 Å². The standard InChI is InChI=1S/C24H15ClN4OS2/c25-17-11-13-18(14-12-17)28-22-20(32-24(28)31)19(15-7-3-1-4-8-15)26-23-29(22)27-21(30-23)16-9-5-2-6-10-16/h1-14,19H. The van der Waals surface area contributed by atoms with Crippen LogP contribution >= 0.6 is 35.2 Å². The lowest BCUT2D eigenvalue weighted by Gasteiger charge is -2.25. The van der Waals surface area contributed by atoms with E-state index in [1.807, 2.05) is 77.4 Å². The summed E-state index contributed by atoms with van der Waals surface area (Å²) in [6.45, 7) is 0. The van der Waals surface area contributed by atoms with Gasteiger partial charge in [-0.1, -0.05) is 60.1 Å². The van der Waals surface area contributed by atoms with Gasteiger partial charge in [-0.3, -0.25) is 4.57 Å². The Morgan fingerprint density at radius 1 is 0.906 bits per heavy atom. The van der Waals surface area contributed by atoms with Gasteiger partial charge in [-0.05, 0) is 54.2 Å². The summed E-state index contributed by atoms with van der Waals surface area (Å²) in [5.74, 6) is 1.34. The molecule has 8 heteroatoms. The molecule has 4 aromatic rings. The van der Waals surface area contributed by atoms with Gasteiger partial charge in [0.15, 0.2) is 9.77 Å². The highest BCUT2D eigenvalue weighted by Crippen LogP contribution is 2.45. The predicted octanol–water partition coefficient (Wildman–Crippen LogP) is 6.58. The average Bonchev–Trinajstić information content (AvgIpc) is 3.41. The molecule has 5 nitrogen and oxygen atoms in total. The fourth-order valence-corrected chi connectivity index (χ4v) is 5.44. The lowest BCUT2D eigenvalue weighted by atomic mass is 10.1. The van der Waals surface area contributed by atoms with Crippen LogP contribution in [0.4, 0.5) is 5.82 Å². The minimum atomic E-state index is -0.233. The molecule has 3 aromatic carbocycles. The molecule has 0 saturated heterocycles. The van der Waals surface area contributed by atoms with E-state index in [0.29, 0.717) is 20.9 Å². The first-order chi connectivity index (χ1) is 15.7. The lowest BCUT2D eigenvalue weighted by Crippen LogP contribution is -2.29. The first kappa shape index (κ1) is 19.4. The molecule has 1 aromatic heterocycles. The van der Waals surface area contributed by atoms with Crippen LogP contribution in [-0.2, 0) is 4.74 Å². The molecule has 32 heavy (non-hydrogen) atoms. The summed E-state index contributed by atoms with van der Waals surface area (Å²) in [5.41, 5.74) is 2.86. The smallest absolute Gasteiger partial charge is 0.322 e. The summed E-state index contributed by atoms with van der Waals surface area (Å²) < 4.78 is 8.86. The molecule has 0 amide bonds. The van der Waals surface area contributed by atoms with E-state index in [-0.39, 0.29) is 6.04 Å². The summed E-state index contributed by atoms with van der Waals surface area (Å²) in [4.78, 5) is 5.94. The third-order valence-electron chi connectivity index (χ3n) is 5.28. The second-order valence-corrected chi connectivity index (χ2v) is 9.39. The van der Waals surface area contributed by atoms with E-state index >= 15 is 0 Å². The molecule has 0 fully saturated rings. The first-order valence-corrected chi connectivity index (χ1v) is 11.6. The summed E-state index contributed by atoms with van der Waals surface area (Å²) in [6.07, 6.45) is 0. The Labute approximate surface area is 198 Å². The molecular weight excluding hydrogens is 460 g/mol. The Morgan fingerprint density at radius 2 is 1.59 bits per heavy atom. The topological polar surface area (TPSA) is 42.1 Å². The first-order valence-electron chi connectivity index (χ1n) is 9.95. The van der Waals surface area contributed by atoms with E-state index in [4.69, 9.17) is 38.6 Å². The molecule has 0 bridgehead atoms.